The molecule has 128 valence electrons. The van der Waals surface area contributed by atoms with Crippen LogP contribution in [0.2, 0.25) is 0 Å². The van der Waals surface area contributed by atoms with Crippen molar-refractivity contribution < 1.29 is 14.4 Å². The van der Waals surface area contributed by atoms with Crippen LogP contribution in [0.3, 0.4) is 0 Å². The van der Waals surface area contributed by atoms with Crippen molar-refractivity contribution in [3.8, 4) is 0 Å². The van der Waals surface area contributed by atoms with Gasteiger partial charge in [0.05, 0.1) is 22.4 Å². The van der Waals surface area contributed by atoms with Crippen LogP contribution in [0.4, 0.5) is 11.4 Å². The van der Waals surface area contributed by atoms with E-state index in [2.05, 4.69) is 10.6 Å². The molecule has 0 spiro atoms. The van der Waals surface area contributed by atoms with Gasteiger partial charge in [0, 0.05) is 29.9 Å². The summed E-state index contributed by atoms with van der Waals surface area (Å²) in [4.78, 5) is 38.0. The topological polar surface area (TPSA) is 101 Å². The minimum absolute atomic E-state index is 0.00494. The lowest BCUT2D eigenvalue weighted by Gasteiger charge is -2.25. The van der Waals surface area contributed by atoms with Gasteiger partial charge in [-0.25, -0.2) is 0 Å². The van der Waals surface area contributed by atoms with Crippen molar-refractivity contribution in [2.45, 2.75) is 19.9 Å². The second-order valence-electron chi connectivity index (χ2n) is 6.21. The number of fused-ring (bicyclic) bond motifs is 2. The summed E-state index contributed by atoms with van der Waals surface area (Å²) in [5.41, 5.74) is 7.53. The molecule has 1 aliphatic rings. The van der Waals surface area contributed by atoms with Crippen LogP contribution in [0.25, 0.3) is 0 Å². The Hall–Kier alpha value is -3.15. The lowest BCUT2D eigenvalue weighted by Crippen LogP contribution is -2.27. The normalized spacial score (nSPS) is 12.6. The molecule has 0 aromatic heterocycles. The number of hydrogen-bond acceptors (Lipinski definition) is 5. The van der Waals surface area contributed by atoms with Crippen LogP contribution in [0.15, 0.2) is 30.3 Å². The number of primary amides is 1. The van der Waals surface area contributed by atoms with Crippen LogP contribution < -0.4 is 16.4 Å². The van der Waals surface area contributed by atoms with Gasteiger partial charge in [-0.3, -0.25) is 14.4 Å². The molecule has 2 aromatic carbocycles. The molecule has 25 heavy (non-hydrogen) atoms. The smallest absolute Gasteiger partial charge is 0.250 e. The third-order valence-electron chi connectivity index (χ3n) is 4.16. The second-order valence-corrected chi connectivity index (χ2v) is 6.21. The SMILES string of the molecule is CNc1c(C(N)=O)cc(NC(C)C)c2c1C(=O)c1ccccc1C2=O. The van der Waals surface area contributed by atoms with Gasteiger partial charge in [-0.15, -0.1) is 0 Å². The third kappa shape index (κ3) is 2.55. The van der Waals surface area contributed by atoms with Gasteiger partial charge < -0.3 is 16.4 Å². The first-order valence-electron chi connectivity index (χ1n) is 8.00. The predicted octanol–water partition coefficient (Wildman–Crippen LogP) is 2.42. The van der Waals surface area contributed by atoms with E-state index in [1.165, 1.54) is 6.07 Å². The fourth-order valence-electron chi connectivity index (χ4n) is 3.17. The molecule has 0 radical (unpaired) electrons. The Morgan fingerprint density at radius 3 is 2.08 bits per heavy atom. The minimum atomic E-state index is -0.668. The Morgan fingerprint density at radius 1 is 1.04 bits per heavy atom. The number of ketones is 2. The minimum Gasteiger partial charge on any atom is -0.387 e. The Balaban J connectivity index is 2.40. The lowest BCUT2D eigenvalue weighted by molar-refractivity contribution is 0.0978. The number of amides is 1. The van der Waals surface area contributed by atoms with E-state index >= 15 is 0 Å². The zero-order valence-electron chi connectivity index (χ0n) is 14.3. The van der Waals surface area contributed by atoms with Crippen molar-refractivity contribution in [2.24, 2.45) is 5.73 Å². The molecule has 4 N–H and O–H groups in total. The molecular formula is C19H19N3O3. The van der Waals surface area contributed by atoms with Gasteiger partial charge in [0.2, 0.25) is 0 Å². The van der Waals surface area contributed by atoms with Gasteiger partial charge in [-0.2, -0.15) is 0 Å². The van der Waals surface area contributed by atoms with Crippen LogP contribution >= 0.6 is 0 Å². The number of nitrogens with two attached hydrogens (primary N) is 1. The third-order valence-corrected chi connectivity index (χ3v) is 4.16. The van der Waals surface area contributed by atoms with Crippen LogP contribution in [0.1, 0.15) is 56.0 Å². The largest absolute Gasteiger partial charge is 0.387 e. The van der Waals surface area contributed by atoms with Crippen LogP contribution in [0.5, 0.6) is 0 Å². The average Bonchev–Trinajstić information content (AvgIpc) is 2.58. The van der Waals surface area contributed by atoms with Gasteiger partial charge in [0.1, 0.15) is 0 Å². The standard InChI is InChI=1S/C19H19N3O3/c1-9(2)22-13-8-12(19(20)25)16(21-3)15-14(13)17(23)10-6-4-5-7-11(10)18(15)24/h4-9,21-22H,1-3H3,(H2,20,25). The summed E-state index contributed by atoms with van der Waals surface area (Å²) in [6, 6.07) is 8.22. The molecule has 0 atom stereocenters. The zero-order valence-corrected chi connectivity index (χ0v) is 14.3. The number of anilines is 2. The fraction of sp³-hybridized carbons (Fsp3) is 0.211. The van der Waals surface area contributed by atoms with Gasteiger partial charge in [0.15, 0.2) is 11.6 Å². The molecule has 6 nitrogen and oxygen atoms in total. The van der Waals surface area contributed by atoms with E-state index in [0.29, 0.717) is 16.8 Å². The number of nitrogens with one attached hydrogen (secondary N) is 2. The molecule has 1 aliphatic carbocycles. The summed E-state index contributed by atoms with van der Waals surface area (Å²) in [6.07, 6.45) is 0. The zero-order chi connectivity index (χ0) is 18.3. The molecule has 2 aromatic rings. The van der Waals surface area contributed by atoms with Crippen molar-refractivity contribution >= 4 is 28.8 Å². The van der Waals surface area contributed by atoms with Crippen molar-refractivity contribution in [2.75, 3.05) is 17.7 Å². The molecule has 0 aliphatic heterocycles. The fourth-order valence-corrected chi connectivity index (χ4v) is 3.17. The highest BCUT2D eigenvalue weighted by molar-refractivity contribution is 6.33. The van der Waals surface area contributed by atoms with Gasteiger partial charge in [-0.1, -0.05) is 24.3 Å². The molecule has 0 bridgehead atoms. The molecule has 0 fully saturated rings. The van der Waals surface area contributed by atoms with E-state index in [4.69, 9.17) is 5.73 Å². The highest BCUT2D eigenvalue weighted by Crippen LogP contribution is 2.38. The van der Waals surface area contributed by atoms with Gasteiger partial charge in [0.25, 0.3) is 5.91 Å². The number of rotatable bonds is 4. The quantitative estimate of drug-likeness (QED) is 0.679. The Bertz CT molecular complexity index is 916. The van der Waals surface area contributed by atoms with E-state index in [1.54, 1.807) is 31.3 Å². The lowest BCUT2D eigenvalue weighted by atomic mass is 9.81. The summed E-state index contributed by atoms with van der Waals surface area (Å²) in [6.45, 7) is 3.82. The van der Waals surface area contributed by atoms with E-state index in [0.717, 1.165) is 0 Å². The first kappa shape index (κ1) is 16.7. The predicted molar refractivity (Wildman–Crippen MR) is 96.6 cm³/mol. The number of carbonyl (C=O) groups excluding carboxylic acids is 3. The maximum atomic E-state index is 13.1. The van der Waals surface area contributed by atoms with E-state index < -0.39 is 5.91 Å². The highest BCUT2D eigenvalue weighted by atomic mass is 16.1. The van der Waals surface area contributed by atoms with Gasteiger partial charge >= 0.3 is 0 Å². The number of benzene rings is 2. The van der Waals surface area contributed by atoms with Gasteiger partial charge in [-0.05, 0) is 19.9 Å². The molecule has 0 saturated heterocycles. The average molecular weight is 337 g/mol. The Labute approximate surface area is 145 Å². The highest BCUT2D eigenvalue weighted by Gasteiger charge is 2.35. The van der Waals surface area contributed by atoms with Crippen LogP contribution in [0, 0.1) is 0 Å². The maximum Gasteiger partial charge on any atom is 0.250 e. The molecule has 0 saturated carbocycles. The summed E-state index contributed by atoms with van der Waals surface area (Å²) < 4.78 is 0. The van der Waals surface area contributed by atoms with E-state index in [9.17, 15) is 14.4 Å². The van der Waals surface area contributed by atoms with Crippen molar-refractivity contribution in [1.82, 2.24) is 0 Å². The Kier molecular flexibility index (Phi) is 4.04. The van der Waals surface area contributed by atoms with E-state index in [1.807, 2.05) is 13.8 Å². The molecular weight excluding hydrogens is 318 g/mol. The van der Waals surface area contributed by atoms with Crippen molar-refractivity contribution in [1.29, 1.82) is 0 Å². The second kappa shape index (κ2) is 6.05. The molecule has 1 amide bonds. The Morgan fingerprint density at radius 2 is 1.60 bits per heavy atom. The summed E-state index contributed by atoms with van der Waals surface area (Å²) in [7, 11) is 1.59. The molecule has 0 heterocycles. The number of carbonyl (C=O) groups is 3. The van der Waals surface area contributed by atoms with E-state index in [-0.39, 0.29) is 40.0 Å². The summed E-state index contributed by atoms with van der Waals surface area (Å²) in [5, 5.41) is 6.02. The first-order chi connectivity index (χ1) is 11.9. The molecule has 3 rings (SSSR count). The molecule has 0 unspecified atom stereocenters. The first-order valence-corrected chi connectivity index (χ1v) is 8.00. The maximum absolute atomic E-state index is 13.1. The van der Waals surface area contributed by atoms with Crippen molar-refractivity contribution in [3.63, 3.8) is 0 Å². The molecule has 6 heteroatoms. The monoisotopic (exact) mass is 337 g/mol. The van der Waals surface area contributed by atoms with Crippen LogP contribution in [-0.2, 0) is 0 Å². The summed E-state index contributed by atoms with van der Waals surface area (Å²) in [5.74, 6) is -1.22. The number of hydrogen-bond donors (Lipinski definition) is 3. The summed E-state index contributed by atoms with van der Waals surface area (Å²) >= 11 is 0. The van der Waals surface area contributed by atoms with Crippen LogP contribution in [-0.4, -0.2) is 30.6 Å². The van der Waals surface area contributed by atoms with Crippen molar-refractivity contribution in [3.05, 3.63) is 58.1 Å².